The molecule has 2 nitrogen and oxygen atoms in total. The summed E-state index contributed by atoms with van der Waals surface area (Å²) in [6, 6.07) is 1.52. The molecule has 3 atom stereocenters. The van der Waals surface area contributed by atoms with E-state index < -0.39 is 0 Å². The minimum atomic E-state index is 0.543. The lowest BCUT2D eigenvalue weighted by Gasteiger charge is -2.45. The minimum Gasteiger partial charge on any atom is -0.312 e. The molecule has 106 valence electrons. The summed E-state index contributed by atoms with van der Waals surface area (Å²) in [5.74, 6) is 0.905. The number of nitrogens with zero attached hydrogens (tertiary/aromatic N) is 1. The van der Waals surface area contributed by atoms with E-state index in [0.717, 1.165) is 18.0 Å². The topological polar surface area (TPSA) is 15.3 Å². The maximum absolute atomic E-state index is 3.81. The van der Waals surface area contributed by atoms with Gasteiger partial charge in [-0.2, -0.15) is 0 Å². The van der Waals surface area contributed by atoms with Crippen LogP contribution in [0.1, 0.15) is 59.8 Å². The number of likely N-dealkylation sites (tertiary alicyclic amines) is 1. The molecule has 18 heavy (non-hydrogen) atoms. The number of nitrogens with one attached hydrogen (secondary N) is 1. The van der Waals surface area contributed by atoms with Crippen molar-refractivity contribution in [2.75, 3.05) is 19.6 Å². The zero-order valence-corrected chi connectivity index (χ0v) is 12.8. The Hall–Kier alpha value is -0.0800. The van der Waals surface area contributed by atoms with Crippen LogP contribution >= 0.6 is 0 Å². The van der Waals surface area contributed by atoms with Gasteiger partial charge in [0.1, 0.15) is 0 Å². The van der Waals surface area contributed by atoms with E-state index in [0.29, 0.717) is 5.41 Å². The monoisotopic (exact) mass is 252 g/mol. The predicted molar refractivity (Wildman–Crippen MR) is 78.9 cm³/mol. The lowest BCUT2D eigenvalue weighted by molar-refractivity contribution is 0.0787. The Morgan fingerprint density at radius 2 is 2.06 bits per heavy atom. The third-order valence-corrected chi connectivity index (χ3v) is 4.94. The first-order valence-electron chi connectivity index (χ1n) is 7.99. The summed E-state index contributed by atoms with van der Waals surface area (Å²) in [7, 11) is 0. The molecule has 2 fully saturated rings. The van der Waals surface area contributed by atoms with Gasteiger partial charge in [-0.05, 0) is 56.5 Å². The molecule has 2 rings (SSSR count). The largest absolute Gasteiger partial charge is 0.312 e. The fraction of sp³-hybridized carbons (Fsp3) is 1.00. The molecule has 0 radical (unpaired) electrons. The molecule has 0 aromatic rings. The van der Waals surface area contributed by atoms with Crippen molar-refractivity contribution < 1.29 is 0 Å². The Kier molecular flexibility index (Phi) is 4.71. The van der Waals surface area contributed by atoms with Gasteiger partial charge in [-0.3, -0.25) is 4.90 Å². The van der Waals surface area contributed by atoms with Crippen LogP contribution in [0.4, 0.5) is 0 Å². The van der Waals surface area contributed by atoms with Crippen molar-refractivity contribution in [3.8, 4) is 0 Å². The summed E-state index contributed by atoms with van der Waals surface area (Å²) in [6.07, 6.45) is 6.78. The standard InChI is InChI=1S/C16H32N2/c1-5-9-17-14-6-8-16(3,4)11-15(14)18-10-7-13(2)12-18/h13-15,17H,5-12H2,1-4H3. The molecule has 1 saturated heterocycles. The molecular formula is C16H32N2. The van der Waals surface area contributed by atoms with Crippen molar-refractivity contribution in [3.63, 3.8) is 0 Å². The number of hydrogen-bond acceptors (Lipinski definition) is 2. The van der Waals surface area contributed by atoms with Crippen LogP contribution in [-0.2, 0) is 0 Å². The van der Waals surface area contributed by atoms with Crippen LogP contribution in [-0.4, -0.2) is 36.6 Å². The molecule has 0 aromatic carbocycles. The molecule has 2 heteroatoms. The second kappa shape index (κ2) is 5.92. The van der Waals surface area contributed by atoms with Crippen LogP contribution in [0.25, 0.3) is 0 Å². The van der Waals surface area contributed by atoms with Crippen molar-refractivity contribution in [1.29, 1.82) is 0 Å². The van der Waals surface area contributed by atoms with Gasteiger partial charge < -0.3 is 5.32 Å². The van der Waals surface area contributed by atoms with Crippen LogP contribution in [0.2, 0.25) is 0 Å². The molecule has 2 aliphatic rings. The molecule has 3 unspecified atom stereocenters. The first kappa shape index (κ1) is 14.3. The molecule has 0 aromatic heterocycles. The summed E-state index contributed by atoms with van der Waals surface area (Å²) in [6.45, 7) is 13.4. The first-order valence-corrected chi connectivity index (χ1v) is 7.99. The highest BCUT2D eigenvalue weighted by atomic mass is 15.2. The lowest BCUT2D eigenvalue weighted by Crippen LogP contribution is -2.54. The van der Waals surface area contributed by atoms with E-state index in [9.17, 15) is 0 Å². The summed E-state index contributed by atoms with van der Waals surface area (Å²) in [4.78, 5) is 2.78. The number of hydrogen-bond donors (Lipinski definition) is 1. The van der Waals surface area contributed by atoms with Gasteiger partial charge in [0, 0.05) is 18.6 Å². The lowest BCUT2D eigenvalue weighted by atomic mass is 9.72. The summed E-state index contributed by atoms with van der Waals surface area (Å²) in [5.41, 5.74) is 0.543. The summed E-state index contributed by atoms with van der Waals surface area (Å²) >= 11 is 0. The molecule has 1 N–H and O–H groups in total. The molecule has 0 amide bonds. The Morgan fingerprint density at radius 3 is 2.67 bits per heavy atom. The van der Waals surface area contributed by atoms with E-state index >= 15 is 0 Å². The molecular weight excluding hydrogens is 220 g/mol. The van der Waals surface area contributed by atoms with Crippen molar-refractivity contribution in [2.24, 2.45) is 11.3 Å². The smallest absolute Gasteiger partial charge is 0.0254 e. The van der Waals surface area contributed by atoms with Gasteiger partial charge in [-0.1, -0.05) is 27.7 Å². The zero-order valence-electron chi connectivity index (χ0n) is 12.8. The van der Waals surface area contributed by atoms with E-state index in [2.05, 4.69) is 37.9 Å². The van der Waals surface area contributed by atoms with Crippen molar-refractivity contribution in [3.05, 3.63) is 0 Å². The highest BCUT2D eigenvalue weighted by Crippen LogP contribution is 2.38. The third-order valence-electron chi connectivity index (χ3n) is 4.94. The average molecular weight is 252 g/mol. The Labute approximate surface area is 114 Å². The Bertz CT molecular complexity index is 262. The highest BCUT2D eigenvalue weighted by Gasteiger charge is 2.39. The van der Waals surface area contributed by atoms with Crippen LogP contribution < -0.4 is 5.32 Å². The Balaban J connectivity index is 1.99. The molecule has 1 aliphatic carbocycles. The predicted octanol–water partition coefficient (Wildman–Crippen LogP) is 3.28. The number of rotatable bonds is 4. The van der Waals surface area contributed by atoms with Crippen LogP contribution in [0, 0.1) is 11.3 Å². The SMILES string of the molecule is CCCNC1CCC(C)(C)CC1N1CCC(C)C1. The highest BCUT2D eigenvalue weighted by molar-refractivity contribution is 4.96. The summed E-state index contributed by atoms with van der Waals surface area (Å²) in [5, 5.41) is 3.81. The quantitative estimate of drug-likeness (QED) is 0.826. The van der Waals surface area contributed by atoms with E-state index in [-0.39, 0.29) is 0 Å². The second-order valence-electron chi connectivity index (χ2n) is 7.42. The summed E-state index contributed by atoms with van der Waals surface area (Å²) < 4.78 is 0. The molecule has 1 aliphatic heterocycles. The van der Waals surface area contributed by atoms with E-state index in [4.69, 9.17) is 0 Å². The van der Waals surface area contributed by atoms with E-state index in [1.165, 1.54) is 51.7 Å². The fourth-order valence-electron chi connectivity index (χ4n) is 3.77. The van der Waals surface area contributed by atoms with E-state index in [1.807, 2.05) is 0 Å². The molecule has 0 bridgehead atoms. The maximum atomic E-state index is 3.81. The Morgan fingerprint density at radius 1 is 1.28 bits per heavy atom. The van der Waals surface area contributed by atoms with E-state index in [1.54, 1.807) is 0 Å². The first-order chi connectivity index (χ1) is 8.52. The van der Waals surface area contributed by atoms with Crippen molar-refractivity contribution >= 4 is 0 Å². The van der Waals surface area contributed by atoms with Gasteiger partial charge >= 0.3 is 0 Å². The van der Waals surface area contributed by atoms with Gasteiger partial charge in [0.15, 0.2) is 0 Å². The van der Waals surface area contributed by atoms with Crippen molar-refractivity contribution in [2.45, 2.75) is 71.9 Å². The second-order valence-corrected chi connectivity index (χ2v) is 7.42. The normalized spacial score (nSPS) is 37.0. The van der Waals surface area contributed by atoms with Gasteiger partial charge in [0.2, 0.25) is 0 Å². The zero-order chi connectivity index (χ0) is 13.2. The van der Waals surface area contributed by atoms with Crippen LogP contribution in [0.5, 0.6) is 0 Å². The van der Waals surface area contributed by atoms with Crippen LogP contribution in [0.15, 0.2) is 0 Å². The molecule has 0 spiro atoms. The van der Waals surface area contributed by atoms with Gasteiger partial charge in [0.05, 0.1) is 0 Å². The van der Waals surface area contributed by atoms with Gasteiger partial charge in [-0.15, -0.1) is 0 Å². The van der Waals surface area contributed by atoms with Crippen LogP contribution in [0.3, 0.4) is 0 Å². The van der Waals surface area contributed by atoms with Gasteiger partial charge in [0.25, 0.3) is 0 Å². The maximum Gasteiger partial charge on any atom is 0.0254 e. The minimum absolute atomic E-state index is 0.543. The van der Waals surface area contributed by atoms with Crippen molar-refractivity contribution in [1.82, 2.24) is 10.2 Å². The molecule has 1 heterocycles. The fourth-order valence-corrected chi connectivity index (χ4v) is 3.77. The third kappa shape index (κ3) is 3.48. The average Bonchev–Trinajstić information content (AvgIpc) is 2.73. The molecule has 1 saturated carbocycles. The van der Waals surface area contributed by atoms with Gasteiger partial charge in [-0.25, -0.2) is 0 Å².